The summed E-state index contributed by atoms with van der Waals surface area (Å²) in [6, 6.07) is 0. The van der Waals surface area contributed by atoms with Gasteiger partial charge >= 0.3 is 0 Å². The minimum absolute atomic E-state index is 0.930. The zero-order chi connectivity index (χ0) is 17.4. The summed E-state index contributed by atoms with van der Waals surface area (Å²) >= 11 is 0. The second kappa shape index (κ2) is 10.8. The van der Waals surface area contributed by atoms with Gasteiger partial charge in [-0.05, 0) is 60.7 Å². The summed E-state index contributed by atoms with van der Waals surface area (Å²) in [5.41, 5.74) is 0. The quantitative estimate of drug-likeness (QED) is 0.492. The van der Waals surface area contributed by atoms with Gasteiger partial charge in [0.05, 0.1) is 0 Å². The van der Waals surface area contributed by atoms with Gasteiger partial charge in [0, 0.05) is 0 Å². The maximum absolute atomic E-state index is 2.57. The van der Waals surface area contributed by atoms with E-state index in [4.69, 9.17) is 0 Å². The van der Waals surface area contributed by atoms with Crippen molar-refractivity contribution in [2.45, 2.75) is 106 Å². The maximum atomic E-state index is 2.57. The highest BCUT2D eigenvalue weighted by Gasteiger charge is 2.30. The Morgan fingerprint density at radius 1 is 0.826 bits per heavy atom. The van der Waals surface area contributed by atoms with Crippen LogP contribution in [-0.4, -0.2) is 0 Å². The molecule has 2 fully saturated rings. The zero-order valence-corrected chi connectivity index (χ0v) is 17.4. The summed E-state index contributed by atoms with van der Waals surface area (Å²) in [5.74, 6) is 6.83. The fourth-order valence-corrected chi connectivity index (χ4v) is 5.46. The first-order chi connectivity index (χ1) is 11.0. The number of hydrogen-bond donors (Lipinski definition) is 0. The molecule has 0 amide bonds. The van der Waals surface area contributed by atoms with Gasteiger partial charge in [-0.3, -0.25) is 0 Å². The Bertz CT molecular complexity index is 294. The molecule has 23 heavy (non-hydrogen) atoms. The number of rotatable bonds is 4. The van der Waals surface area contributed by atoms with Gasteiger partial charge in [0.15, 0.2) is 0 Å². The highest BCUT2D eigenvalue weighted by Crippen LogP contribution is 2.41. The third kappa shape index (κ3) is 6.79. The van der Waals surface area contributed by atoms with Crippen molar-refractivity contribution < 1.29 is 0 Å². The second-order valence-corrected chi connectivity index (χ2v) is 9.11. The van der Waals surface area contributed by atoms with Crippen molar-refractivity contribution in [2.24, 2.45) is 41.4 Å². The molecular weight excluding hydrogens is 276 g/mol. The van der Waals surface area contributed by atoms with Gasteiger partial charge in [-0.2, -0.15) is 0 Å². The molecule has 2 aliphatic rings. The van der Waals surface area contributed by atoms with Crippen LogP contribution in [0.1, 0.15) is 106 Å². The van der Waals surface area contributed by atoms with Crippen molar-refractivity contribution in [1.29, 1.82) is 0 Å². The van der Waals surface area contributed by atoms with Crippen LogP contribution in [-0.2, 0) is 0 Å². The van der Waals surface area contributed by atoms with Crippen LogP contribution >= 0.6 is 0 Å². The van der Waals surface area contributed by atoms with Crippen LogP contribution in [0.15, 0.2) is 0 Å². The molecule has 0 saturated heterocycles. The van der Waals surface area contributed by atoms with E-state index < -0.39 is 0 Å². The summed E-state index contributed by atoms with van der Waals surface area (Å²) < 4.78 is 0. The Labute approximate surface area is 148 Å². The summed E-state index contributed by atoms with van der Waals surface area (Å²) in [7, 11) is 0. The van der Waals surface area contributed by atoms with E-state index in [0.717, 1.165) is 41.4 Å². The lowest BCUT2D eigenvalue weighted by Crippen LogP contribution is -2.28. The normalized spacial score (nSPS) is 39.8. The van der Waals surface area contributed by atoms with Crippen LogP contribution in [0.3, 0.4) is 0 Å². The summed E-state index contributed by atoms with van der Waals surface area (Å²) in [5, 5.41) is 0. The van der Waals surface area contributed by atoms with Gasteiger partial charge in [0.2, 0.25) is 0 Å². The van der Waals surface area contributed by atoms with Gasteiger partial charge in [0.25, 0.3) is 0 Å². The van der Waals surface area contributed by atoms with Crippen LogP contribution in [0.5, 0.6) is 0 Å². The van der Waals surface area contributed by atoms with Crippen LogP contribution in [0, 0.1) is 41.4 Å². The minimum Gasteiger partial charge on any atom is -0.0683 e. The molecule has 0 radical (unpaired) electrons. The largest absolute Gasteiger partial charge is 0.0683 e. The number of hydrogen-bond acceptors (Lipinski definition) is 0. The highest BCUT2D eigenvalue weighted by atomic mass is 14.4. The average molecular weight is 323 g/mol. The van der Waals surface area contributed by atoms with Gasteiger partial charge in [0.1, 0.15) is 0 Å². The molecule has 0 heteroatoms. The van der Waals surface area contributed by atoms with Crippen LogP contribution < -0.4 is 0 Å². The summed E-state index contributed by atoms with van der Waals surface area (Å²) in [6.07, 6.45) is 13.4. The fourth-order valence-electron chi connectivity index (χ4n) is 5.46. The average Bonchev–Trinajstić information content (AvgIpc) is 2.95. The van der Waals surface area contributed by atoms with Crippen molar-refractivity contribution in [3.05, 3.63) is 0 Å². The second-order valence-electron chi connectivity index (χ2n) is 9.11. The lowest BCUT2D eigenvalue weighted by atomic mass is 9.68. The van der Waals surface area contributed by atoms with Crippen LogP contribution in [0.4, 0.5) is 0 Å². The van der Waals surface area contributed by atoms with E-state index in [9.17, 15) is 0 Å². The molecule has 2 rings (SSSR count). The molecule has 0 heterocycles. The first-order valence-corrected chi connectivity index (χ1v) is 11.0. The van der Waals surface area contributed by atoms with E-state index in [2.05, 4.69) is 34.6 Å². The third-order valence-electron chi connectivity index (χ3n) is 7.15. The van der Waals surface area contributed by atoms with E-state index in [1.807, 2.05) is 13.8 Å². The monoisotopic (exact) mass is 322 g/mol. The molecule has 0 nitrogen and oxygen atoms in total. The Morgan fingerprint density at radius 2 is 1.48 bits per heavy atom. The van der Waals surface area contributed by atoms with Crippen molar-refractivity contribution in [2.75, 3.05) is 0 Å². The van der Waals surface area contributed by atoms with E-state index in [1.165, 1.54) is 57.8 Å². The Morgan fingerprint density at radius 3 is 2.09 bits per heavy atom. The van der Waals surface area contributed by atoms with E-state index >= 15 is 0 Å². The first kappa shape index (κ1) is 21.0. The molecule has 138 valence electrons. The summed E-state index contributed by atoms with van der Waals surface area (Å²) in [6.45, 7) is 16.6. The lowest BCUT2D eigenvalue weighted by Gasteiger charge is -2.37. The Hall–Kier alpha value is 0. The predicted octanol–water partition coefficient (Wildman–Crippen LogP) is 7.96. The molecule has 2 saturated carbocycles. The molecule has 0 aromatic heterocycles. The van der Waals surface area contributed by atoms with Crippen molar-refractivity contribution >= 4 is 0 Å². The summed E-state index contributed by atoms with van der Waals surface area (Å²) in [4.78, 5) is 0. The van der Waals surface area contributed by atoms with Crippen LogP contribution in [0.25, 0.3) is 0 Å². The highest BCUT2D eigenvalue weighted by molar-refractivity contribution is 4.81. The van der Waals surface area contributed by atoms with Crippen molar-refractivity contribution in [1.82, 2.24) is 0 Å². The molecule has 7 atom stereocenters. The van der Waals surface area contributed by atoms with Gasteiger partial charge in [-0.1, -0.05) is 87.0 Å². The maximum Gasteiger partial charge on any atom is -0.0360 e. The molecule has 0 aromatic rings. The zero-order valence-electron chi connectivity index (χ0n) is 17.4. The van der Waals surface area contributed by atoms with Crippen LogP contribution in [0.2, 0.25) is 0 Å². The first-order valence-electron chi connectivity index (χ1n) is 11.0. The lowest BCUT2D eigenvalue weighted by molar-refractivity contribution is 0.130. The molecule has 0 N–H and O–H groups in total. The Balaban J connectivity index is 0.00000127. The molecule has 0 aromatic carbocycles. The molecule has 2 aliphatic carbocycles. The fraction of sp³-hybridized carbons (Fsp3) is 1.00. The molecule has 0 bridgehead atoms. The van der Waals surface area contributed by atoms with Crippen molar-refractivity contribution in [3.8, 4) is 0 Å². The van der Waals surface area contributed by atoms with Gasteiger partial charge in [-0.15, -0.1) is 0 Å². The topological polar surface area (TPSA) is 0 Å². The SMILES string of the molecule is CC.CC1CCC(CCC(C)C2CCCC(C)CC(C)C2C)C1. The molecule has 0 spiro atoms. The predicted molar refractivity (Wildman–Crippen MR) is 106 cm³/mol. The van der Waals surface area contributed by atoms with E-state index in [1.54, 1.807) is 0 Å². The van der Waals surface area contributed by atoms with Crippen molar-refractivity contribution in [3.63, 3.8) is 0 Å². The van der Waals surface area contributed by atoms with E-state index in [-0.39, 0.29) is 0 Å². The molecule has 0 aliphatic heterocycles. The smallest absolute Gasteiger partial charge is 0.0360 e. The molecular formula is C23H46. The minimum atomic E-state index is 0.930. The van der Waals surface area contributed by atoms with E-state index in [0.29, 0.717) is 0 Å². The Kier molecular flexibility index (Phi) is 9.86. The van der Waals surface area contributed by atoms with Gasteiger partial charge in [-0.25, -0.2) is 0 Å². The van der Waals surface area contributed by atoms with Gasteiger partial charge < -0.3 is 0 Å². The molecule has 7 unspecified atom stereocenters. The standard InChI is InChI=1S/C21H40.C2H6/c1-15-7-6-8-21(19(5)18(4)13-15)17(3)10-12-20-11-9-16(2)14-20;1-2/h15-21H,6-14H2,1-5H3;1-2H3. The third-order valence-corrected chi connectivity index (χ3v) is 7.15.